The van der Waals surface area contributed by atoms with Crippen LogP contribution in [0.15, 0.2) is 24.8 Å². The summed E-state index contributed by atoms with van der Waals surface area (Å²) in [5.74, 6) is 0. The van der Waals surface area contributed by atoms with Crippen LogP contribution in [0.3, 0.4) is 0 Å². The number of rotatable bonds is 7. The van der Waals surface area contributed by atoms with E-state index in [2.05, 4.69) is 13.2 Å². The lowest BCUT2D eigenvalue weighted by atomic mass is 9.99. The van der Waals surface area contributed by atoms with Crippen molar-refractivity contribution in [1.29, 1.82) is 0 Å². The summed E-state index contributed by atoms with van der Waals surface area (Å²) in [6.45, 7) is 6.48. The van der Waals surface area contributed by atoms with Crippen LogP contribution in [0.5, 0.6) is 0 Å². The van der Waals surface area contributed by atoms with Gasteiger partial charge in [-0.25, -0.2) is 0 Å². The molecule has 0 aromatic carbocycles. The van der Waals surface area contributed by atoms with E-state index in [-0.39, 0.29) is 12.0 Å². The first-order valence-electron chi connectivity index (χ1n) is 6.17. The van der Waals surface area contributed by atoms with E-state index in [0.717, 1.165) is 0 Å². The second kappa shape index (κ2) is 7.63. The first-order chi connectivity index (χ1) is 9.46. The van der Waals surface area contributed by atoms with Crippen LogP contribution in [0.2, 0.25) is 0 Å². The van der Waals surface area contributed by atoms with Crippen molar-refractivity contribution in [2.45, 2.75) is 43.2 Å². The van der Waals surface area contributed by atoms with Gasteiger partial charge >= 0.3 is 0 Å². The van der Waals surface area contributed by atoms with E-state index in [9.17, 15) is 20.1 Å². The average molecular weight is 288 g/mol. The Balaban J connectivity index is 2.79. The van der Waals surface area contributed by atoms with Crippen LogP contribution in [0.4, 0.5) is 0 Å². The Morgan fingerprint density at radius 1 is 1.30 bits per heavy atom. The molecule has 0 aromatic heterocycles. The molecule has 114 valence electrons. The molecule has 0 amide bonds. The SMILES string of the molecule is C=CCC(O[C@@H]1O[C@H](CO)[C@@H](O)[C@H](O)[C@H]1O)C(=C)C=O. The molecule has 1 heterocycles. The first kappa shape index (κ1) is 17.0. The summed E-state index contributed by atoms with van der Waals surface area (Å²) in [4.78, 5) is 10.7. The first-order valence-corrected chi connectivity index (χ1v) is 6.17. The topological polar surface area (TPSA) is 116 Å². The van der Waals surface area contributed by atoms with Crippen molar-refractivity contribution < 1.29 is 34.7 Å². The molecular weight excluding hydrogens is 268 g/mol. The van der Waals surface area contributed by atoms with E-state index in [0.29, 0.717) is 6.29 Å². The molecule has 1 unspecified atom stereocenters. The standard InChI is InChI=1S/C13H20O7/c1-3-4-8(7(2)5-14)19-13-12(18)11(17)10(16)9(6-15)20-13/h3,5,8-13,15-18H,1-2,4,6H2/t8?,9-,10-,11+,12-,13-/m1/s1. The summed E-state index contributed by atoms with van der Waals surface area (Å²) in [5, 5.41) is 38.1. The summed E-state index contributed by atoms with van der Waals surface area (Å²) in [6, 6.07) is 0. The lowest BCUT2D eigenvalue weighted by molar-refractivity contribution is -0.307. The Morgan fingerprint density at radius 3 is 2.45 bits per heavy atom. The average Bonchev–Trinajstić information content (AvgIpc) is 2.46. The van der Waals surface area contributed by atoms with Gasteiger partial charge in [0.05, 0.1) is 12.7 Å². The van der Waals surface area contributed by atoms with E-state index in [1.807, 2.05) is 0 Å². The summed E-state index contributed by atoms with van der Waals surface area (Å²) < 4.78 is 10.6. The van der Waals surface area contributed by atoms with Crippen molar-refractivity contribution in [2.75, 3.05) is 6.61 Å². The fourth-order valence-electron chi connectivity index (χ4n) is 1.86. The number of aliphatic hydroxyl groups is 4. The Morgan fingerprint density at radius 2 is 1.95 bits per heavy atom. The molecule has 1 rings (SSSR count). The molecule has 1 fully saturated rings. The largest absolute Gasteiger partial charge is 0.394 e. The predicted octanol–water partition coefficient (Wildman–Crippen LogP) is -1.50. The lowest BCUT2D eigenvalue weighted by Crippen LogP contribution is -2.59. The van der Waals surface area contributed by atoms with Gasteiger partial charge in [0.2, 0.25) is 0 Å². The third kappa shape index (κ3) is 3.72. The third-order valence-corrected chi connectivity index (χ3v) is 3.09. The molecule has 0 saturated carbocycles. The number of aldehydes is 1. The van der Waals surface area contributed by atoms with Gasteiger partial charge in [-0.3, -0.25) is 4.79 Å². The Kier molecular flexibility index (Phi) is 6.47. The second-order valence-corrected chi connectivity index (χ2v) is 4.54. The highest BCUT2D eigenvalue weighted by Crippen LogP contribution is 2.24. The van der Waals surface area contributed by atoms with Crippen LogP contribution < -0.4 is 0 Å². The fourth-order valence-corrected chi connectivity index (χ4v) is 1.86. The third-order valence-electron chi connectivity index (χ3n) is 3.09. The molecule has 7 heteroatoms. The van der Waals surface area contributed by atoms with Crippen molar-refractivity contribution in [2.24, 2.45) is 0 Å². The zero-order valence-corrected chi connectivity index (χ0v) is 11.0. The van der Waals surface area contributed by atoms with E-state index >= 15 is 0 Å². The lowest BCUT2D eigenvalue weighted by Gasteiger charge is -2.40. The van der Waals surface area contributed by atoms with Crippen LogP contribution in [0.1, 0.15) is 6.42 Å². The van der Waals surface area contributed by atoms with Gasteiger partial charge in [-0.15, -0.1) is 6.58 Å². The number of ether oxygens (including phenoxy) is 2. The molecule has 4 N–H and O–H groups in total. The van der Waals surface area contributed by atoms with Crippen molar-refractivity contribution >= 4 is 6.29 Å². The smallest absolute Gasteiger partial charge is 0.187 e. The predicted molar refractivity (Wildman–Crippen MR) is 68.7 cm³/mol. The second-order valence-electron chi connectivity index (χ2n) is 4.54. The van der Waals surface area contributed by atoms with E-state index < -0.39 is 43.4 Å². The Labute approximate surface area is 116 Å². The molecule has 0 radical (unpaired) electrons. The fraction of sp³-hybridized carbons (Fsp3) is 0.615. The maximum absolute atomic E-state index is 10.7. The van der Waals surface area contributed by atoms with Crippen molar-refractivity contribution in [3.05, 3.63) is 24.8 Å². The van der Waals surface area contributed by atoms with E-state index in [1.54, 1.807) is 0 Å². The van der Waals surface area contributed by atoms with Gasteiger partial charge in [0, 0.05) is 5.57 Å². The van der Waals surface area contributed by atoms with E-state index in [1.165, 1.54) is 6.08 Å². The van der Waals surface area contributed by atoms with Crippen LogP contribution in [-0.4, -0.2) is 70.1 Å². The summed E-state index contributed by atoms with van der Waals surface area (Å²) in [6.07, 6.45) is -5.36. The minimum Gasteiger partial charge on any atom is -0.394 e. The molecule has 0 spiro atoms. The van der Waals surface area contributed by atoms with Crippen LogP contribution in [0.25, 0.3) is 0 Å². The number of aliphatic hydroxyl groups excluding tert-OH is 4. The maximum Gasteiger partial charge on any atom is 0.187 e. The van der Waals surface area contributed by atoms with Gasteiger partial charge in [0.25, 0.3) is 0 Å². The van der Waals surface area contributed by atoms with Gasteiger partial charge in [0.15, 0.2) is 6.29 Å². The van der Waals surface area contributed by atoms with Gasteiger partial charge in [-0.1, -0.05) is 12.7 Å². The Bertz CT molecular complexity index is 355. The van der Waals surface area contributed by atoms with E-state index in [4.69, 9.17) is 14.6 Å². The minimum atomic E-state index is -1.53. The molecular formula is C13H20O7. The normalized spacial score (nSPS) is 35.3. The van der Waals surface area contributed by atoms with Crippen LogP contribution >= 0.6 is 0 Å². The zero-order valence-electron chi connectivity index (χ0n) is 11.0. The number of carbonyl (C=O) groups excluding carboxylic acids is 1. The van der Waals surface area contributed by atoms with Crippen LogP contribution in [0, 0.1) is 0 Å². The number of hydrogen-bond acceptors (Lipinski definition) is 7. The molecule has 7 nitrogen and oxygen atoms in total. The highest BCUT2D eigenvalue weighted by Gasteiger charge is 2.44. The molecule has 1 aliphatic heterocycles. The molecule has 1 saturated heterocycles. The summed E-state index contributed by atoms with van der Waals surface area (Å²) in [7, 11) is 0. The van der Waals surface area contributed by atoms with Crippen LogP contribution in [-0.2, 0) is 14.3 Å². The van der Waals surface area contributed by atoms with Gasteiger partial charge < -0.3 is 29.9 Å². The number of carbonyl (C=O) groups is 1. The molecule has 0 aromatic rings. The molecule has 0 aliphatic carbocycles. The molecule has 6 atom stereocenters. The summed E-state index contributed by atoms with van der Waals surface area (Å²) >= 11 is 0. The molecule has 20 heavy (non-hydrogen) atoms. The van der Waals surface area contributed by atoms with Crippen molar-refractivity contribution in [3.8, 4) is 0 Å². The molecule has 0 bridgehead atoms. The molecule has 1 aliphatic rings. The quantitative estimate of drug-likeness (QED) is 0.256. The van der Waals surface area contributed by atoms with Crippen molar-refractivity contribution in [3.63, 3.8) is 0 Å². The van der Waals surface area contributed by atoms with Gasteiger partial charge in [-0.2, -0.15) is 0 Å². The monoisotopic (exact) mass is 288 g/mol. The zero-order chi connectivity index (χ0) is 15.3. The highest BCUT2D eigenvalue weighted by atomic mass is 16.7. The van der Waals surface area contributed by atoms with Crippen molar-refractivity contribution in [1.82, 2.24) is 0 Å². The highest BCUT2D eigenvalue weighted by molar-refractivity contribution is 5.73. The number of hydrogen-bond donors (Lipinski definition) is 4. The van der Waals surface area contributed by atoms with Gasteiger partial charge in [-0.05, 0) is 6.42 Å². The van der Waals surface area contributed by atoms with Gasteiger partial charge in [0.1, 0.15) is 30.7 Å². The minimum absolute atomic E-state index is 0.127. The summed E-state index contributed by atoms with van der Waals surface area (Å²) in [5.41, 5.74) is 0.127. The maximum atomic E-state index is 10.7. The Hall–Kier alpha value is -1.09.